The minimum atomic E-state index is -0.698. The van der Waals surface area contributed by atoms with E-state index in [2.05, 4.69) is 19.1 Å². The van der Waals surface area contributed by atoms with Gasteiger partial charge in [0.2, 0.25) is 0 Å². The molecular formula is C24H24N2O2. The lowest BCUT2D eigenvalue weighted by atomic mass is 9.61. The van der Waals surface area contributed by atoms with Gasteiger partial charge in [-0.3, -0.25) is 0 Å². The van der Waals surface area contributed by atoms with Crippen LogP contribution in [0, 0.1) is 34.0 Å². The summed E-state index contributed by atoms with van der Waals surface area (Å²) in [6, 6.07) is 23.2. The third-order valence-electron chi connectivity index (χ3n) is 5.88. The van der Waals surface area contributed by atoms with Crippen molar-refractivity contribution in [2.45, 2.75) is 44.6 Å². The van der Waals surface area contributed by atoms with E-state index in [1.54, 1.807) is 12.1 Å². The van der Waals surface area contributed by atoms with Crippen LogP contribution in [0.15, 0.2) is 60.7 Å². The van der Waals surface area contributed by atoms with Gasteiger partial charge in [0.25, 0.3) is 0 Å². The van der Waals surface area contributed by atoms with Gasteiger partial charge < -0.3 is 4.74 Å². The average Bonchev–Trinajstić information content (AvgIpc) is 2.74. The molecule has 28 heavy (non-hydrogen) atoms. The van der Waals surface area contributed by atoms with Crippen molar-refractivity contribution in [3.63, 3.8) is 0 Å². The minimum Gasteiger partial charge on any atom is -0.459 e. The fourth-order valence-electron chi connectivity index (χ4n) is 4.31. The molecule has 1 atom stereocenters. The van der Waals surface area contributed by atoms with Gasteiger partial charge in [0.15, 0.2) is 0 Å². The van der Waals surface area contributed by atoms with Crippen molar-refractivity contribution in [2.75, 3.05) is 0 Å². The summed E-state index contributed by atoms with van der Waals surface area (Å²) < 4.78 is 5.70. The van der Waals surface area contributed by atoms with E-state index in [-0.39, 0.29) is 23.4 Å². The molecule has 0 aromatic heterocycles. The molecule has 1 fully saturated rings. The second-order valence-corrected chi connectivity index (χ2v) is 7.75. The number of benzene rings is 2. The Hall–Kier alpha value is -3.11. The molecule has 1 saturated carbocycles. The lowest BCUT2D eigenvalue weighted by Crippen LogP contribution is -2.37. The molecule has 0 amide bonds. The standard InChI is InChI=1S/C24H24N2O2/c1-24(22(20(16-25)17-26)18-8-4-2-5-9-18)14-12-21(13-15-24)28-23(27)19-10-6-3-7-11-19/h2-11,20-22H,12-15H2,1H3. The molecule has 0 aliphatic heterocycles. The maximum Gasteiger partial charge on any atom is 0.338 e. The Bertz CT molecular complexity index is 858. The van der Waals surface area contributed by atoms with Gasteiger partial charge in [-0.2, -0.15) is 10.5 Å². The minimum absolute atomic E-state index is 0.125. The zero-order chi connectivity index (χ0) is 20.0. The number of nitrogens with zero attached hydrogens (tertiary/aromatic N) is 2. The molecule has 2 aromatic carbocycles. The summed E-state index contributed by atoms with van der Waals surface area (Å²) in [5.41, 5.74) is 1.40. The highest BCUT2D eigenvalue weighted by molar-refractivity contribution is 5.89. The van der Waals surface area contributed by atoms with Crippen LogP contribution in [0.4, 0.5) is 0 Å². The van der Waals surface area contributed by atoms with Crippen LogP contribution in [0.5, 0.6) is 0 Å². The van der Waals surface area contributed by atoms with E-state index in [1.165, 1.54) is 0 Å². The van der Waals surface area contributed by atoms with Gasteiger partial charge >= 0.3 is 5.97 Å². The van der Waals surface area contributed by atoms with Gasteiger partial charge in [-0.15, -0.1) is 0 Å². The van der Waals surface area contributed by atoms with E-state index < -0.39 is 5.92 Å². The summed E-state index contributed by atoms with van der Waals surface area (Å²) in [6.45, 7) is 2.15. The van der Waals surface area contributed by atoms with Crippen LogP contribution >= 0.6 is 0 Å². The van der Waals surface area contributed by atoms with Crippen LogP contribution < -0.4 is 0 Å². The van der Waals surface area contributed by atoms with Crippen LogP contribution in [-0.4, -0.2) is 12.1 Å². The van der Waals surface area contributed by atoms with Gasteiger partial charge in [0.05, 0.1) is 17.7 Å². The van der Waals surface area contributed by atoms with Crippen molar-refractivity contribution in [3.05, 3.63) is 71.8 Å². The van der Waals surface area contributed by atoms with Gasteiger partial charge in [0.1, 0.15) is 12.0 Å². The molecule has 4 nitrogen and oxygen atoms in total. The van der Waals surface area contributed by atoms with Crippen molar-refractivity contribution in [2.24, 2.45) is 11.3 Å². The van der Waals surface area contributed by atoms with Crippen molar-refractivity contribution in [1.29, 1.82) is 10.5 Å². The third-order valence-corrected chi connectivity index (χ3v) is 5.88. The van der Waals surface area contributed by atoms with Crippen LogP contribution in [0.1, 0.15) is 54.4 Å². The SMILES string of the molecule is CC1(C(c2ccccc2)C(C#N)C#N)CCC(OC(=O)c2ccccc2)CC1. The second kappa shape index (κ2) is 8.72. The maximum atomic E-state index is 12.3. The van der Waals surface area contributed by atoms with Gasteiger partial charge in [-0.25, -0.2) is 4.79 Å². The van der Waals surface area contributed by atoms with Gasteiger partial charge in [0, 0.05) is 5.92 Å². The van der Waals surface area contributed by atoms with Crippen LogP contribution in [0.2, 0.25) is 0 Å². The van der Waals surface area contributed by atoms with E-state index in [0.717, 1.165) is 31.2 Å². The number of ether oxygens (including phenoxy) is 1. The van der Waals surface area contributed by atoms with Crippen molar-refractivity contribution in [1.82, 2.24) is 0 Å². The molecule has 142 valence electrons. The van der Waals surface area contributed by atoms with E-state index in [1.807, 2.05) is 48.5 Å². The first-order valence-corrected chi connectivity index (χ1v) is 9.67. The molecule has 4 heteroatoms. The Labute approximate surface area is 166 Å². The number of hydrogen-bond donors (Lipinski definition) is 0. The number of rotatable bonds is 5. The summed E-state index contributed by atoms with van der Waals surface area (Å²) in [5.74, 6) is -1.15. The maximum absolute atomic E-state index is 12.3. The highest BCUT2D eigenvalue weighted by Gasteiger charge is 2.43. The summed E-state index contributed by atoms with van der Waals surface area (Å²) >= 11 is 0. The van der Waals surface area contributed by atoms with Crippen LogP contribution in [0.3, 0.4) is 0 Å². The lowest BCUT2D eigenvalue weighted by molar-refractivity contribution is 0.00179. The van der Waals surface area contributed by atoms with E-state index >= 15 is 0 Å². The van der Waals surface area contributed by atoms with E-state index in [0.29, 0.717) is 5.56 Å². The molecular weight excluding hydrogens is 348 g/mol. The Morgan fingerprint density at radius 2 is 1.54 bits per heavy atom. The Morgan fingerprint density at radius 1 is 1.00 bits per heavy atom. The molecule has 0 bridgehead atoms. The number of carbonyl (C=O) groups excluding carboxylic acids is 1. The van der Waals surface area contributed by atoms with E-state index in [9.17, 15) is 15.3 Å². The summed E-state index contributed by atoms with van der Waals surface area (Å²) in [6.07, 6.45) is 2.96. The Morgan fingerprint density at radius 3 is 2.07 bits per heavy atom. The molecule has 3 rings (SSSR count). The topological polar surface area (TPSA) is 73.9 Å². The summed E-state index contributed by atoms with van der Waals surface area (Å²) in [4.78, 5) is 12.3. The molecule has 1 aliphatic carbocycles. The largest absolute Gasteiger partial charge is 0.459 e. The zero-order valence-electron chi connectivity index (χ0n) is 16.0. The molecule has 1 unspecified atom stereocenters. The molecule has 1 aliphatic rings. The Kier molecular flexibility index (Phi) is 6.12. The molecule has 2 aromatic rings. The lowest BCUT2D eigenvalue weighted by Gasteiger charge is -2.43. The predicted molar refractivity (Wildman–Crippen MR) is 106 cm³/mol. The number of hydrogen-bond acceptors (Lipinski definition) is 4. The third kappa shape index (κ3) is 4.24. The van der Waals surface area contributed by atoms with Gasteiger partial charge in [-0.1, -0.05) is 55.5 Å². The summed E-state index contributed by atoms with van der Waals surface area (Å²) in [5, 5.41) is 19.1. The van der Waals surface area contributed by atoms with E-state index in [4.69, 9.17) is 4.74 Å². The average molecular weight is 372 g/mol. The number of carbonyl (C=O) groups is 1. The van der Waals surface area contributed by atoms with Crippen LogP contribution in [-0.2, 0) is 4.74 Å². The predicted octanol–water partition coefficient (Wildman–Crippen LogP) is 5.24. The van der Waals surface area contributed by atoms with Crippen molar-refractivity contribution >= 4 is 5.97 Å². The normalized spacial score (nSPS) is 22.6. The highest BCUT2D eigenvalue weighted by Crippen LogP contribution is 2.50. The fraction of sp³-hybridized carbons (Fsp3) is 0.375. The monoisotopic (exact) mass is 372 g/mol. The molecule has 0 heterocycles. The smallest absolute Gasteiger partial charge is 0.338 e. The molecule has 0 saturated heterocycles. The highest BCUT2D eigenvalue weighted by atomic mass is 16.5. The Balaban J connectivity index is 1.72. The zero-order valence-corrected chi connectivity index (χ0v) is 16.0. The first kappa shape index (κ1) is 19.6. The number of nitriles is 2. The first-order chi connectivity index (χ1) is 13.6. The van der Waals surface area contributed by atoms with Gasteiger partial charge in [-0.05, 0) is 48.8 Å². The van der Waals surface area contributed by atoms with Crippen LogP contribution in [0.25, 0.3) is 0 Å². The van der Waals surface area contributed by atoms with Crippen molar-refractivity contribution < 1.29 is 9.53 Å². The molecule has 0 N–H and O–H groups in total. The van der Waals surface area contributed by atoms with Crippen molar-refractivity contribution in [3.8, 4) is 12.1 Å². The first-order valence-electron chi connectivity index (χ1n) is 9.67. The number of esters is 1. The summed E-state index contributed by atoms with van der Waals surface area (Å²) in [7, 11) is 0. The quantitative estimate of drug-likeness (QED) is 0.673. The molecule has 0 spiro atoms. The second-order valence-electron chi connectivity index (χ2n) is 7.75. The molecule has 0 radical (unpaired) electrons. The fourth-order valence-corrected chi connectivity index (χ4v) is 4.31.